The van der Waals surface area contributed by atoms with Gasteiger partial charge in [0.15, 0.2) is 5.96 Å². The van der Waals surface area contributed by atoms with Crippen LogP contribution >= 0.6 is 0 Å². The zero-order valence-corrected chi connectivity index (χ0v) is 10.1. The van der Waals surface area contributed by atoms with Crippen LogP contribution in [0.1, 0.15) is 26.3 Å². The number of halogens is 1. The number of aliphatic imine (C=N–C) groups is 1. The Morgan fingerprint density at radius 1 is 1.38 bits per heavy atom. The van der Waals surface area contributed by atoms with Crippen molar-refractivity contribution in [3.8, 4) is 0 Å². The molecule has 0 fully saturated rings. The van der Waals surface area contributed by atoms with Gasteiger partial charge in [-0.1, -0.05) is 0 Å². The minimum absolute atomic E-state index is 0.231. The van der Waals surface area contributed by atoms with E-state index in [2.05, 4.69) is 10.3 Å². The maximum absolute atomic E-state index is 12.9. The summed E-state index contributed by atoms with van der Waals surface area (Å²) in [6, 6.07) is 4.49. The topological polar surface area (TPSA) is 50.4 Å². The number of aryl methyl sites for hydroxylation is 1. The summed E-state index contributed by atoms with van der Waals surface area (Å²) in [7, 11) is 0. The Hall–Kier alpha value is -1.58. The number of guanidine groups is 1. The predicted molar refractivity (Wildman–Crippen MR) is 66.1 cm³/mol. The number of anilines is 1. The smallest absolute Gasteiger partial charge is 0.193 e. The van der Waals surface area contributed by atoms with Crippen LogP contribution in [0.2, 0.25) is 0 Å². The number of hydrogen-bond acceptors (Lipinski definition) is 1. The molecule has 0 aliphatic rings. The normalized spacial score (nSPS) is 12.7. The molecule has 0 atom stereocenters. The Kier molecular flexibility index (Phi) is 3.52. The second-order valence-electron chi connectivity index (χ2n) is 4.75. The predicted octanol–water partition coefficient (Wildman–Crippen LogP) is 2.66. The van der Waals surface area contributed by atoms with Crippen molar-refractivity contribution in [2.75, 3.05) is 5.32 Å². The highest BCUT2D eigenvalue weighted by atomic mass is 19.1. The molecule has 0 saturated carbocycles. The highest BCUT2D eigenvalue weighted by Gasteiger charge is 2.08. The largest absolute Gasteiger partial charge is 0.370 e. The summed E-state index contributed by atoms with van der Waals surface area (Å²) in [6.45, 7) is 7.69. The summed E-state index contributed by atoms with van der Waals surface area (Å²) in [6.07, 6.45) is 0. The standard InChI is InChI=1S/C12H18FN3/c1-8-7-9(13)5-6-10(8)15-11(14)16-12(2,3)4/h5-7H,1-4H3,(H3,14,15,16). The third kappa shape index (κ3) is 3.88. The Morgan fingerprint density at radius 3 is 2.50 bits per heavy atom. The van der Waals surface area contributed by atoms with Gasteiger partial charge in [-0.3, -0.25) is 0 Å². The van der Waals surface area contributed by atoms with Crippen molar-refractivity contribution < 1.29 is 4.39 Å². The molecule has 88 valence electrons. The molecule has 1 rings (SSSR count). The van der Waals surface area contributed by atoms with Gasteiger partial charge < -0.3 is 11.1 Å². The van der Waals surface area contributed by atoms with Crippen LogP contribution in [0.25, 0.3) is 0 Å². The van der Waals surface area contributed by atoms with Crippen LogP contribution in [0.4, 0.5) is 10.1 Å². The van der Waals surface area contributed by atoms with Gasteiger partial charge in [-0.2, -0.15) is 0 Å². The van der Waals surface area contributed by atoms with Crippen LogP contribution in [0.15, 0.2) is 23.2 Å². The summed E-state index contributed by atoms with van der Waals surface area (Å²) in [5, 5.41) is 2.96. The van der Waals surface area contributed by atoms with Crippen LogP contribution in [0.5, 0.6) is 0 Å². The quantitative estimate of drug-likeness (QED) is 0.568. The lowest BCUT2D eigenvalue weighted by Gasteiger charge is -2.15. The highest BCUT2D eigenvalue weighted by Crippen LogP contribution is 2.15. The summed E-state index contributed by atoms with van der Waals surface area (Å²) < 4.78 is 12.9. The first-order valence-corrected chi connectivity index (χ1v) is 5.16. The molecule has 0 aliphatic heterocycles. The van der Waals surface area contributed by atoms with E-state index < -0.39 is 0 Å². The Morgan fingerprint density at radius 2 is 2.00 bits per heavy atom. The molecule has 0 heterocycles. The number of nitrogens with one attached hydrogen (secondary N) is 1. The van der Waals surface area contributed by atoms with E-state index in [4.69, 9.17) is 5.73 Å². The maximum atomic E-state index is 12.9. The van der Waals surface area contributed by atoms with Crippen molar-refractivity contribution in [2.45, 2.75) is 33.2 Å². The van der Waals surface area contributed by atoms with Gasteiger partial charge >= 0.3 is 0 Å². The van der Waals surface area contributed by atoms with E-state index in [1.165, 1.54) is 12.1 Å². The van der Waals surface area contributed by atoms with E-state index in [9.17, 15) is 4.39 Å². The van der Waals surface area contributed by atoms with Gasteiger partial charge in [-0.15, -0.1) is 0 Å². The zero-order valence-electron chi connectivity index (χ0n) is 10.1. The molecule has 0 unspecified atom stereocenters. The van der Waals surface area contributed by atoms with Crippen LogP contribution in [-0.2, 0) is 0 Å². The monoisotopic (exact) mass is 223 g/mol. The molecule has 0 radical (unpaired) electrons. The molecule has 0 aliphatic carbocycles. The maximum Gasteiger partial charge on any atom is 0.193 e. The van der Waals surface area contributed by atoms with E-state index in [0.29, 0.717) is 5.96 Å². The number of hydrogen-bond donors (Lipinski definition) is 2. The van der Waals surface area contributed by atoms with Crippen molar-refractivity contribution in [3.63, 3.8) is 0 Å². The van der Waals surface area contributed by atoms with Gasteiger partial charge in [-0.05, 0) is 51.5 Å². The number of nitrogens with zero attached hydrogens (tertiary/aromatic N) is 1. The Bertz CT molecular complexity index is 405. The molecule has 0 amide bonds. The molecular weight excluding hydrogens is 205 g/mol. The fourth-order valence-electron chi connectivity index (χ4n) is 1.29. The van der Waals surface area contributed by atoms with Gasteiger partial charge in [0.2, 0.25) is 0 Å². The van der Waals surface area contributed by atoms with Crippen LogP contribution in [0.3, 0.4) is 0 Å². The van der Waals surface area contributed by atoms with Gasteiger partial charge in [0, 0.05) is 5.69 Å². The van der Waals surface area contributed by atoms with Crippen molar-refractivity contribution in [3.05, 3.63) is 29.6 Å². The third-order valence-electron chi connectivity index (χ3n) is 1.91. The molecule has 1 aromatic carbocycles. The first-order chi connectivity index (χ1) is 7.28. The molecule has 0 bridgehead atoms. The molecule has 0 saturated heterocycles. The summed E-state index contributed by atoms with van der Waals surface area (Å²) in [5.74, 6) is 0.0802. The van der Waals surface area contributed by atoms with Crippen molar-refractivity contribution in [1.82, 2.24) is 0 Å². The minimum Gasteiger partial charge on any atom is -0.370 e. The van der Waals surface area contributed by atoms with E-state index >= 15 is 0 Å². The number of nitrogens with two attached hydrogens (primary N) is 1. The molecular formula is C12H18FN3. The molecule has 4 heteroatoms. The van der Waals surface area contributed by atoms with Crippen LogP contribution in [-0.4, -0.2) is 11.5 Å². The lowest BCUT2D eigenvalue weighted by Crippen LogP contribution is -2.27. The van der Waals surface area contributed by atoms with Crippen molar-refractivity contribution >= 4 is 11.6 Å². The lowest BCUT2D eigenvalue weighted by atomic mass is 10.1. The molecule has 3 nitrogen and oxygen atoms in total. The summed E-state index contributed by atoms with van der Waals surface area (Å²) in [4.78, 5) is 4.26. The van der Waals surface area contributed by atoms with E-state index in [0.717, 1.165) is 11.3 Å². The Labute approximate surface area is 95.6 Å². The molecule has 0 aromatic heterocycles. The highest BCUT2D eigenvalue weighted by molar-refractivity contribution is 5.93. The minimum atomic E-state index is -0.255. The van der Waals surface area contributed by atoms with E-state index in [1.54, 1.807) is 6.07 Å². The van der Waals surface area contributed by atoms with E-state index in [1.807, 2.05) is 27.7 Å². The summed E-state index contributed by atoms with van der Waals surface area (Å²) in [5.41, 5.74) is 7.08. The average molecular weight is 223 g/mol. The third-order valence-corrected chi connectivity index (χ3v) is 1.91. The van der Waals surface area contributed by atoms with Gasteiger partial charge in [0.1, 0.15) is 5.82 Å². The molecule has 3 N–H and O–H groups in total. The molecule has 1 aromatic rings. The average Bonchev–Trinajstić information content (AvgIpc) is 2.06. The SMILES string of the molecule is Cc1cc(F)ccc1NC(N)=NC(C)(C)C. The fraction of sp³-hybridized carbons (Fsp3) is 0.417. The fourth-order valence-corrected chi connectivity index (χ4v) is 1.29. The van der Waals surface area contributed by atoms with Crippen LogP contribution in [0, 0.1) is 12.7 Å². The Balaban J connectivity index is 2.85. The van der Waals surface area contributed by atoms with E-state index in [-0.39, 0.29) is 11.4 Å². The zero-order chi connectivity index (χ0) is 12.3. The van der Waals surface area contributed by atoms with Crippen molar-refractivity contribution in [2.24, 2.45) is 10.7 Å². The van der Waals surface area contributed by atoms with Gasteiger partial charge in [-0.25, -0.2) is 9.38 Å². The van der Waals surface area contributed by atoms with Gasteiger partial charge in [0.05, 0.1) is 5.54 Å². The molecule has 0 spiro atoms. The second kappa shape index (κ2) is 4.51. The molecule has 16 heavy (non-hydrogen) atoms. The van der Waals surface area contributed by atoms with Crippen LogP contribution < -0.4 is 11.1 Å². The summed E-state index contributed by atoms with van der Waals surface area (Å²) >= 11 is 0. The first-order valence-electron chi connectivity index (χ1n) is 5.16. The number of rotatable bonds is 1. The van der Waals surface area contributed by atoms with Gasteiger partial charge in [0.25, 0.3) is 0 Å². The lowest BCUT2D eigenvalue weighted by molar-refractivity contribution is 0.583. The second-order valence-corrected chi connectivity index (χ2v) is 4.75. The van der Waals surface area contributed by atoms with Crippen molar-refractivity contribution in [1.29, 1.82) is 0 Å². The first kappa shape index (κ1) is 12.5. The number of benzene rings is 1.